The second-order valence-corrected chi connectivity index (χ2v) is 5.49. The van der Waals surface area contributed by atoms with Gasteiger partial charge in [0.15, 0.2) is 5.75 Å². The number of benzene rings is 2. The third-order valence-corrected chi connectivity index (χ3v) is 3.39. The monoisotopic (exact) mass is 329 g/mol. The van der Waals surface area contributed by atoms with E-state index in [0.29, 0.717) is 12.2 Å². The Morgan fingerprint density at radius 1 is 1.25 bits per heavy atom. The van der Waals surface area contributed by atoms with Crippen LogP contribution in [0.25, 0.3) is 0 Å². The highest BCUT2D eigenvalue weighted by Crippen LogP contribution is 2.28. The first-order valence-electron chi connectivity index (χ1n) is 7.28. The first kappa shape index (κ1) is 17.4. The lowest BCUT2D eigenvalue weighted by Crippen LogP contribution is -2.16. The van der Waals surface area contributed by atoms with Gasteiger partial charge in [0.2, 0.25) is 0 Å². The van der Waals surface area contributed by atoms with Crippen molar-refractivity contribution >= 4 is 17.3 Å². The average molecular weight is 329 g/mol. The Hall–Kier alpha value is -2.93. The number of rotatable bonds is 6. The molecule has 0 fully saturated rings. The molecule has 0 aromatic heterocycles. The molecule has 0 aliphatic rings. The number of nitrogens with zero attached hydrogens (tertiary/aromatic N) is 2. The summed E-state index contributed by atoms with van der Waals surface area (Å²) in [6.45, 7) is 0.666. The molecule has 0 radical (unpaired) electrons. The Labute approximate surface area is 140 Å². The molecule has 2 aromatic rings. The van der Waals surface area contributed by atoms with Crippen molar-refractivity contribution in [1.82, 2.24) is 4.90 Å². The predicted molar refractivity (Wildman–Crippen MR) is 91.4 cm³/mol. The zero-order valence-electron chi connectivity index (χ0n) is 13.8. The fourth-order valence-electron chi connectivity index (χ4n) is 2.29. The van der Waals surface area contributed by atoms with Gasteiger partial charge in [-0.1, -0.05) is 18.2 Å². The molecule has 0 heterocycles. The first-order chi connectivity index (χ1) is 11.4. The summed E-state index contributed by atoms with van der Waals surface area (Å²) in [4.78, 5) is 24.9. The summed E-state index contributed by atoms with van der Waals surface area (Å²) in [5, 5.41) is 13.9. The van der Waals surface area contributed by atoms with Crippen molar-refractivity contribution in [2.45, 2.75) is 6.54 Å². The minimum Gasteiger partial charge on any atom is -0.490 e. The van der Waals surface area contributed by atoms with Gasteiger partial charge in [0, 0.05) is 23.9 Å². The summed E-state index contributed by atoms with van der Waals surface area (Å²) in [7, 11) is 5.22. The Morgan fingerprint density at radius 3 is 2.58 bits per heavy atom. The van der Waals surface area contributed by atoms with E-state index in [1.807, 2.05) is 37.2 Å². The number of carbonyl (C=O) groups is 1. The van der Waals surface area contributed by atoms with E-state index in [9.17, 15) is 14.9 Å². The van der Waals surface area contributed by atoms with E-state index in [2.05, 4.69) is 5.32 Å². The van der Waals surface area contributed by atoms with Crippen LogP contribution < -0.4 is 10.1 Å². The summed E-state index contributed by atoms with van der Waals surface area (Å²) in [5.74, 6) is -0.295. The number of amides is 1. The van der Waals surface area contributed by atoms with Gasteiger partial charge in [-0.2, -0.15) is 0 Å². The SMILES string of the molecule is COc1ccc(C(=O)Nc2ccccc2CN(C)C)cc1[N+](=O)[O-]. The molecule has 24 heavy (non-hydrogen) atoms. The zero-order valence-corrected chi connectivity index (χ0v) is 13.8. The van der Waals surface area contributed by atoms with Crippen molar-refractivity contribution in [3.05, 3.63) is 63.7 Å². The largest absolute Gasteiger partial charge is 0.490 e. The van der Waals surface area contributed by atoms with Gasteiger partial charge < -0.3 is 15.0 Å². The second kappa shape index (κ2) is 7.56. The maximum atomic E-state index is 12.4. The Balaban J connectivity index is 2.28. The summed E-state index contributed by atoms with van der Waals surface area (Å²) in [5.41, 5.74) is 1.59. The molecule has 0 aliphatic carbocycles. The van der Waals surface area contributed by atoms with Crippen LogP contribution in [0.2, 0.25) is 0 Å². The van der Waals surface area contributed by atoms with Crippen molar-refractivity contribution < 1.29 is 14.5 Å². The molecule has 2 aromatic carbocycles. The van der Waals surface area contributed by atoms with E-state index in [1.165, 1.54) is 25.3 Å². The molecule has 126 valence electrons. The maximum Gasteiger partial charge on any atom is 0.311 e. The number of hydrogen-bond donors (Lipinski definition) is 1. The molecular formula is C17H19N3O4. The van der Waals surface area contributed by atoms with Gasteiger partial charge in [0.05, 0.1) is 12.0 Å². The van der Waals surface area contributed by atoms with Crippen molar-refractivity contribution in [3.63, 3.8) is 0 Å². The Morgan fingerprint density at radius 2 is 1.96 bits per heavy atom. The van der Waals surface area contributed by atoms with Gasteiger partial charge in [-0.15, -0.1) is 0 Å². The van der Waals surface area contributed by atoms with Gasteiger partial charge in [-0.05, 0) is 37.9 Å². The number of carbonyl (C=O) groups excluding carboxylic acids is 1. The highest BCUT2D eigenvalue weighted by Gasteiger charge is 2.18. The number of nitro benzene ring substituents is 1. The second-order valence-electron chi connectivity index (χ2n) is 5.49. The fourth-order valence-corrected chi connectivity index (χ4v) is 2.29. The molecule has 7 nitrogen and oxygen atoms in total. The van der Waals surface area contributed by atoms with E-state index < -0.39 is 10.8 Å². The number of para-hydroxylation sites is 1. The predicted octanol–water partition coefficient (Wildman–Crippen LogP) is 2.92. The molecule has 0 saturated heterocycles. The van der Waals surface area contributed by atoms with Crippen LogP contribution in [0.1, 0.15) is 15.9 Å². The smallest absolute Gasteiger partial charge is 0.311 e. The van der Waals surface area contributed by atoms with Crippen LogP contribution in [0.4, 0.5) is 11.4 Å². The highest BCUT2D eigenvalue weighted by molar-refractivity contribution is 6.05. The standard InChI is InChI=1S/C17H19N3O4/c1-19(2)11-13-6-4-5-7-14(13)18-17(21)12-8-9-16(24-3)15(10-12)20(22)23/h4-10H,11H2,1-3H3,(H,18,21). The lowest BCUT2D eigenvalue weighted by atomic mass is 10.1. The van der Waals surface area contributed by atoms with E-state index in [1.54, 1.807) is 6.07 Å². The summed E-state index contributed by atoms with van der Waals surface area (Å²) in [6.07, 6.45) is 0. The summed E-state index contributed by atoms with van der Waals surface area (Å²) >= 11 is 0. The molecule has 2 rings (SSSR count). The van der Waals surface area contributed by atoms with E-state index >= 15 is 0 Å². The quantitative estimate of drug-likeness (QED) is 0.650. The Kier molecular flexibility index (Phi) is 5.49. The van der Waals surface area contributed by atoms with Gasteiger partial charge in [-0.25, -0.2) is 0 Å². The number of ether oxygens (including phenoxy) is 1. The number of hydrogen-bond acceptors (Lipinski definition) is 5. The third kappa shape index (κ3) is 4.08. The van der Waals surface area contributed by atoms with Crippen molar-refractivity contribution in [2.24, 2.45) is 0 Å². The molecular weight excluding hydrogens is 310 g/mol. The number of nitrogens with one attached hydrogen (secondary N) is 1. The maximum absolute atomic E-state index is 12.4. The van der Waals surface area contributed by atoms with Crippen LogP contribution in [0, 0.1) is 10.1 Å². The number of anilines is 1. The average Bonchev–Trinajstić information content (AvgIpc) is 2.55. The lowest BCUT2D eigenvalue weighted by molar-refractivity contribution is -0.385. The Bertz CT molecular complexity index is 759. The molecule has 0 atom stereocenters. The normalized spacial score (nSPS) is 10.5. The highest BCUT2D eigenvalue weighted by atomic mass is 16.6. The molecule has 0 saturated carbocycles. The number of methoxy groups -OCH3 is 1. The van der Waals surface area contributed by atoms with E-state index in [0.717, 1.165) is 5.56 Å². The first-order valence-corrected chi connectivity index (χ1v) is 7.28. The fraction of sp³-hybridized carbons (Fsp3) is 0.235. The summed E-state index contributed by atoms with van der Waals surface area (Å²) in [6, 6.07) is 11.6. The van der Waals surface area contributed by atoms with Crippen molar-refractivity contribution in [2.75, 3.05) is 26.5 Å². The van der Waals surface area contributed by atoms with Crippen LogP contribution in [0.3, 0.4) is 0 Å². The third-order valence-electron chi connectivity index (χ3n) is 3.39. The minimum atomic E-state index is -0.574. The summed E-state index contributed by atoms with van der Waals surface area (Å²) < 4.78 is 4.94. The van der Waals surface area contributed by atoms with Crippen molar-refractivity contribution in [1.29, 1.82) is 0 Å². The van der Waals surface area contributed by atoms with Crippen LogP contribution >= 0.6 is 0 Å². The van der Waals surface area contributed by atoms with Gasteiger partial charge in [0.1, 0.15) is 0 Å². The molecule has 0 aliphatic heterocycles. The van der Waals surface area contributed by atoms with Crippen LogP contribution in [-0.4, -0.2) is 36.9 Å². The van der Waals surface area contributed by atoms with Gasteiger partial charge in [0.25, 0.3) is 5.91 Å². The molecule has 1 amide bonds. The van der Waals surface area contributed by atoms with Gasteiger partial charge in [-0.3, -0.25) is 14.9 Å². The topological polar surface area (TPSA) is 84.7 Å². The number of nitro groups is 1. The van der Waals surface area contributed by atoms with Crippen LogP contribution in [-0.2, 0) is 6.54 Å². The van der Waals surface area contributed by atoms with Crippen LogP contribution in [0.5, 0.6) is 5.75 Å². The van der Waals surface area contributed by atoms with E-state index in [4.69, 9.17) is 4.74 Å². The van der Waals surface area contributed by atoms with Crippen molar-refractivity contribution in [3.8, 4) is 5.75 Å². The molecule has 0 bridgehead atoms. The molecule has 1 N–H and O–H groups in total. The van der Waals surface area contributed by atoms with E-state index in [-0.39, 0.29) is 17.0 Å². The van der Waals surface area contributed by atoms with Gasteiger partial charge >= 0.3 is 5.69 Å². The molecule has 7 heteroatoms. The minimum absolute atomic E-state index is 0.115. The molecule has 0 unspecified atom stereocenters. The lowest BCUT2D eigenvalue weighted by Gasteiger charge is -2.15. The molecule has 0 spiro atoms. The zero-order chi connectivity index (χ0) is 17.7. The van der Waals surface area contributed by atoms with Crippen LogP contribution in [0.15, 0.2) is 42.5 Å².